The standard InChI is InChI=1S/C15H23NO3/c1-15(11-18,16-13-5-6-13)7-8-19-14-4-2-3-12(9-14)10-17/h2-4,9,13,16-18H,5-8,10-11H2,1H3. The number of aliphatic hydroxyl groups excluding tert-OH is 2. The van der Waals surface area contributed by atoms with Gasteiger partial charge in [-0.05, 0) is 37.5 Å². The van der Waals surface area contributed by atoms with Crippen LogP contribution in [0, 0.1) is 0 Å². The van der Waals surface area contributed by atoms with Crippen molar-refractivity contribution in [2.45, 2.75) is 44.4 Å². The van der Waals surface area contributed by atoms with Gasteiger partial charge < -0.3 is 20.3 Å². The molecule has 0 aliphatic heterocycles. The molecule has 0 amide bonds. The van der Waals surface area contributed by atoms with Gasteiger partial charge in [0.15, 0.2) is 0 Å². The van der Waals surface area contributed by atoms with Crippen LogP contribution in [0.2, 0.25) is 0 Å². The van der Waals surface area contributed by atoms with Gasteiger partial charge in [-0.15, -0.1) is 0 Å². The van der Waals surface area contributed by atoms with Gasteiger partial charge in [-0.3, -0.25) is 0 Å². The van der Waals surface area contributed by atoms with Crippen LogP contribution in [-0.2, 0) is 6.61 Å². The molecule has 0 aromatic heterocycles. The van der Waals surface area contributed by atoms with E-state index < -0.39 is 0 Å². The van der Waals surface area contributed by atoms with Crippen LogP contribution >= 0.6 is 0 Å². The van der Waals surface area contributed by atoms with Gasteiger partial charge in [-0.1, -0.05) is 12.1 Å². The van der Waals surface area contributed by atoms with Crippen molar-refractivity contribution in [1.82, 2.24) is 5.32 Å². The van der Waals surface area contributed by atoms with Crippen LogP contribution in [0.3, 0.4) is 0 Å². The highest BCUT2D eigenvalue weighted by Crippen LogP contribution is 2.24. The van der Waals surface area contributed by atoms with E-state index in [0.29, 0.717) is 12.6 Å². The summed E-state index contributed by atoms with van der Waals surface area (Å²) in [5.74, 6) is 0.762. The third kappa shape index (κ3) is 4.49. The van der Waals surface area contributed by atoms with Crippen molar-refractivity contribution in [3.05, 3.63) is 29.8 Å². The Kier molecular flexibility index (Phi) is 4.80. The molecule has 19 heavy (non-hydrogen) atoms. The van der Waals surface area contributed by atoms with Crippen molar-refractivity contribution >= 4 is 0 Å². The molecule has 4 heteroatoms. The lowest BCUT2D eigenvalue weighted by Gasteiger charge is -2.29. The molecule has 1 atom stereocenters. The van der Waals surface area contributed by atoms with Crippen molar-refractivity contribution in [2.75, 3.05) is 13.2 Å². The minimum absolute atomic E-state index is 0.0226. The number of ether oxygens (including phenoxy) is 1. The minimum Gasteiger partial charge on any atom is -0.494 e. The number of benzene rings is 1. The first kappa shape index (κ1) is 14.3. The van der Waals surface area contributed by atoms with Gasteiger partial charge in [0.05, 0.1) is 19.8 Å². The van der Waals surface area contributed by atoms with Gasteiger partial charge in [0, 0.05) is 18.0 Å². The smallest absolute Gasteiger partial charge is 0.119 e. The quantitative estimate of drug-likeness (QED) is 0.666. The summed E-state index contributed by atoms with van der Waals surface area (Å²) in [4.78, 5) is 0. The zero-order valence-electron chi connectivity index (χ0n) is 11.4. The zero-order valence-corrected chi connectivity index (χ0v) is 11.4. The van der Waals surface area contributed by atoms with E-state index in [1.807, 2.05) is 31.2 Å². The molecule has 0 bridgehead atoms. The molecule has 4 nitrogen and oxygen atoms in total. The lowest BCUT2D eigenvalue weighted by Crippen LogP contribution is -2.48. The topological polar surface area (TPSA) is 61.7 Å². The Balaban J connectivity index is 1.80. The Bertz CT molecular complexity index is 406. The van der Waals surface area contributed by atoms with Crippen LogP contribution in [0.15, 0.2) is 24.3 Å². The SMILES string of the molecule is CC(CO)(CCOc1cccc(CO)c1)NC1CC1. The number of hydrogen-bond acceptors (Lipinski definition) is 4. The van der Waals surface area contributed by atoms with Crippen molar-refractivity contribution in [3.63, 3.8) is 0 Å². The fraction of sp³-hybridized carbons (Fsp3) is 0.600. The molecule has 1 saturated carbocycles. The minimum atomic E-state index is -0.268. The van der Waals surface area contributed by atoms with Gasteiger partial charge in [0.25, 0.3) is 0 Å². The van der Waals surface area contributed by atoms with Crippen LogP contribution in [-0.4, -0.2) is 35.0 Å². The fourth-order valence-corrected chi connectivity index (χ4v) is 2.05. The zero-order chi connectivity index (χ0) is 13.7. The Morgan fingerprint density at radius 2 is 2.16 bits per heavy atom. The molecule has 3 N–H and O–H groups in total. The molecule has 1 aliphatic carbocycles. The first-order valence-corrected chi connectivity index (χ1v) is 6.86. The van der Waals surface area contributed by atoms with Crippen molar-refractivity contribution in [3.8, 4) is 5.75 Å². The van der Waals surface area contributed by atoms with Crippen LogP contribution in [0.5, 0.6) is 5.75 Å². The maximum Gasteiger partial charge on any atom is 0.119 e. The summed E-state index contributed by atoms with van der Waals surface area (Å²) in [5, 5.41) is 22.0. The van der Waals surface area contributed by atoms with E-state index in [4.69, 9.17) is 9.84 Å². The molecule has 1 fully saturated rings. The van der Waals surface area contributed by atoms with E-state index in [-0.39, 0.29) is 18.8 Å². The molecular weight excluding hydrogens is 242 g/mol. The van der Waals surface area contributed by atoms with E-state index in [1.54, 1.807) is 0 Å². The number of aliphatic hydroxyl groups is 2. The monoisotopic (exact) mass is 265 g/mol. The summed E-state index contributed by atoms with van der Waals surface area (Å²) < 4.78 is 5.69. The molecule has 1 unspecified atom stereocenters. The Morgan fingerprint density at radius 1 is 1.37 bits per heavy atom. The number of nitrogens with one attached hydrogen (secondary N) is 1. The lowest BCUT2D eigenvalue weighted by molar-refractivity contribution is 0.142. The second-order valence-corrected chi connectivity index (χ2v) is 5.54. The fourth-order valence-electron chi connectivity index (χ4n) is 2.05. The second kappa shape index (κ2) is 6.37. The summed E-state index contributed by atoms with van der Waals surface area (Å²) in [6.07, 6.45) is 3.16. The molecule has 0 heterocycles. The van der Waals surface area contributed by atoms with Gasteiger partial charge in [-0.25, -0.2) is 0 Å². The first-order chi connectivity index (χ1) is 9.15. The Hall–Kier alpha value is -1.10. The number of rotatable bonds is 8. The summed E-state index contributed by atoms with van der Waals surface area (Å²) in [7, 11) is 0. The Morgan fingerprint density at radius 3 is 2.79 bits per heavy atom. The van der Waals surface area contributed by atoms with Crippen LogP contribution in [0.25, 0.3) is 0 Å². The van der Waals surface area contributed by atoms with Crippen molar-refractivity contribution in [1.29, 1.82) is 0 Å². The average molecular weight is 265 g/mol. The second-order valence-electron chi connectivity index (χ2n) is 5.54. The van der Waals surface area contributed by atoms with Crippen molar-refractivity contribution < 1.29 is 14.9 Å². The molecule has 0 saturated heterocycles. The molecule has 106 valence electrons. The predicted octanol–water partition coefficient (Wildman–Crippen LogP) is 1.45. The van der Waals surface area contributed by atoms with Gasteiger partial charge in [0.1, 0.15) is 5.75 Å². The largest absolute Gasteiger partial charge is 0.494 e. The maximum atomic E-state index is 9.49. The van der Waals surface area contributed by atoms with E-state index >= 15 is 0 Å². The van der Waals surface area contributed by atoms with E-state index in [1.165, 1.54) is 12.8 Å². The highest BCUT2D eigenvalue weighted by molar-refractivity contribution is 5.27. The molecule has 2 rings (SSSR count). The molecule has 1 aromatic rings. The van der Waals surface area contributed by atoms with Gasteiger partial charge in [0.2, 0.25) is 0 Å². The third-order valence-electron chi connectivity index (χ3n) is 3.48. The van der Waals surface area contributed by atoms with Gasteiger partial charge in [-0.2, -0.15) is 0 Å². The molecule has 1 aliphatic rings. The molecule has 1 aromatic carbocycles. The lowest BCUT2D eigenvalue weighted by atomic mass is 9.99. The van der Waals surface area contributed by atoms with Crippen LogP contribution < -0.4 is 10.1 Å². The predicted molar refractivity (Wildman–Crippen MR) is 74.1 cm³/mol. The first-order valence-electron chi connectivity index (χ1n) is 6.86. The Labute approximate surface area is 114 Å². The van der Waals surface area contributed by atoms with E-state index in [0.717, 1.165) is 17.7 Å². The average Bonchev–Trinajstić information content (AvgIpc) is 3.23. The number of hydrogen-bond donors (Lipinski definition) is 3. The summed E-state index contributed by atoms with van der Waals surface area (Å²) >= 11 is 0. The third-order valence-corrected chi connectivity index (χ3v) is 3.48. The molecular formula is C15H23NO3. The summed E-state index contributed by atoms with van der Waals surface area (Å²) in [5.41, 5.74) is 0.578. The summed E-state index contributed by atoms with van der Waals surface area (Å²) in [6, 6.07) is 8.01. The van der Waals surface area contributed by atoms with Gasteiger partial charge >= 0.3 is 0 Å². The van der Waals surface area contributed by atoms with Crippen molar-refractivity contribution in [2.24, 2.45) is 0 Å². The molecule has 0 spiro atoms. The highest BCUT2D eigenvalue weighted by atomic mass is 16.5. The normalized spacial score (nSPS) is 18.1. The molecule has 0 radical (unpaired) electrons. The van der Waals surface area contributed by atoms with Crippen LogP contribution in [0.1, 0.15) is 31.7 Å². The van der Waals surface area contributed by atoms with E-state index in [2.05, 4.69) is 5.32 Å². The van der Waals surface area contributed by atoms with E-state index in [9.17, 15) is 5.11 Å². The highest BCUT2D eigenvalue weighted by Gasteiger charge is 2.31. The summed E-state index contributed by atoms with van der Waals surface area (Å²) in [6.45, 7) is 2.71. The van der Waals surface area contributed by atoms with Crippen LogP contribution in [0.4, 0.5) is 0 Å². The maximum absolute atomic E-state index is 9.49.